The van der Waals surface area contributed by atoms with Crippen molar-refractivity contribution in [3.8, 4) is 11.5 Å². The number of benzene rings is 1. The van der Waals surface area contributed by atoms with Crippen LogP contribution in [0.1, 0.15) is 57.4 Å². The van der Waals surface area contributed by atoms with E-state index in [9.17, 15) is 24.0 Å². The number of carbonyl (C=O) groups excluding carboxylic acids is 5. The molecule has 2 fully saturated rings. The molecule has 1 unspecified atom stereocenters. The lowest BCUT2D eigenvalue weighted by molar-refractivity contribution is -0.156. The van der Waals surface area contributed by atoms with Gasteiger partial charge in [-0.1, -0.05) is 18.9 Å². The summed E-state index contributed by atoms with van der Waals surface area (Å²) in [5.74, 6) is -0.0165. The van der Waals surface area contributed by atoms with Crippen molar-refractivity contribution < 1.29 is 38.2 Å². The first-order valence-electron chi connectivity index (χ1n) is 16.8. The molecule has 260 valence electrons. The average molecular weight is 658 g/mol. The number of piperidine rings is 1. The smallest absolute Gasteiger partial charge is 0.319 e. The first kappa shape index (κ1) is 35.8. The highest BCUT2D eigenvalue weighted by molar-refractivity contribution is 5.82. The van der Waals surface area contributed by atoms with Crippen LogP contribution in [0.25, 0.3) is 0 Å². The van der Waals surface area contributed by atoms with Gasteiger partial charge in [0, 0.05) is 65.7 Å². The van der Waals surface area contributed by atoms with Crippen LogP contribution in [0.15, 0.2) is 18.2 Å². The second-order valence-corrected chi connectivity index (χ2v) is 13.1. The third kappa shape index (κ3) is 9.98. The number of ether oxygens (including phenoxy) is 3. The van der Waals surface area contributed by atoms with E-state index in [4.69, 9.17) is 14.2 Å². The summed E-state index contributed by atoms with van der Waals surface area (Å²) < 4.78 is 16.9. The van der Waals surface area contributed by atoms with Gasteiger partial charge in [0.25, 0.3) is 5.91 Å². The summed E-state index contributed by atoms with van der Waals surface area (Å²) in [4.78, 5) is 70.6. The molecule has 2 bridgehead atoms. The Balaban J connectivity index is 1.52. The predicted molar refractivity (Wildman–Crippen MR) is 174 cm³/mol. The van der Waals surface area contributed by atoms with E-state index in [1.165, 1.54) is 12.0 Å². The van der Waals surface area contributed by atoms with E-state index in [1.54, 1.807) is 43.0 Å². The molecule has 0 spiro atoms. The third-order valence-corrected chi connectivity index (χ3v) is 9.18. The molecule has 1 saturated carbocycles. The van der Waals surface area contributed by atoms with Gasteiger partial charge in [0.15, 0.2) is 18.1 Å². The van der Waals surface area contributed by atoms with Crippen molar-refractivity contribution in [3.05, 3.63) is 23.8 Å². The molecule has 13 nitrogen and oxygen atoms in total. The van der Waals surface area contributed by atoms with Crippen molar-refractivity contribution in [2.24, 2.45) is 17.3 Å². The minimum atomic E-state index is -0.980. The number of carbonyl (C=O) groups is 5. The number of hydrogen-bond donors (Lipinski definition) is 2. The zero-order chi connectivity index (χ0) is 34.0. The van der Waals surface area contributed by atoms with Gasteiger partial charge < -0.3 is 39.5 Å². The van der Waals surface area contributed by atoms with Crippen molar-refractivity contribution in [1.29, 1.82) is 0 Å². The van der Waals surface area contributed by atoms with Crippen LogP contribution in [0.2, 0.25) is 0 Å². The number of urea groups is 1. The number of nitrogens with zero attached hydrogens (tertiary/aromatic N) is 3. The maximum Gasteiger partial charge on any atom is 0.319 e. The largest absolute Gasteiger partial charge is 0.493 e. The molecule has 5 amide bonds. The van der Waals surface area contributed by atoms with Gasteiger partial charge in [-0.15, -0.1) is 0 Å². The predicted octanol–water partition coefficient (Wildman–Crippen LogP) is 2.21. The lowest BCUT2D eigenvalue weighted by Crippen LogP contribution is -2.48. The molecule has 1 aliphatic carbocycles. The normalized spacial score (nSPS) is 22.1. The summed E-state index contributed by atoms with van der Waals surface area (Å²) >= 11 is 0. The Morgan fingerprint density at radius 3 is 2.40 bits per heavy atom. The lowest BCUT2D eigenvalue weighted by atomic mass is 9.76. The summed E-state index contributed by atoms with van der Waals surface area (Å²) in [6.45, 7) is 3.67. The monoisotopic (exact) mass is 657 g/mol. The lowest BCUT2D eigenvalue weighted by Gasteiger charge is -2.35. The molecule has 13 heteroatoms. The van der Waals surface area contributed by atoms with E-state index >= 15 is 0 Å². The Hall–Kier alpha value is -4.03. The number of methoxy groups -OCH3 is 1. The van der Waals surface area contributed by atoms with Crippen LogP contribution < -0.4 is 20.1 Å². The van der Waals surface area contributed by atoms with E-state index in [1.807, 2.05) is 6.07 Å². The summed E-state index contributed by atoms with van der Waals surface area (Å²) in [5.41, 5.74) is -0.178. The molecule has 2 N–H and O–H groups in total. The molecule has 1 saturated heterocycles. The summed E-state index contributed by atoms with van der Waals surface area (Å²) in [5, 5.41) is 5.86. The SMILES string of the molecule is CCOC(=O)C1(CC2CC2)CNC(=O)CCCN(C(=O)C2CCN(C(=O)N(C)C)CC2)CCNC(=O)COc2cc(ccc2OC)C1. The molecular weight excluding hydrogens is 606 g/mol. The van der Waals surface area contributed by atoms with Crippen LogP contribution in [0.4, 0.5) is 4.79 Å². The summed E-state index contributed by atoms with van der Waals surface area (Å²) in [7, 11) is 4.93. The van der Waals surface area contributed by atoms with Crippen molar-refractivity contribution in [3.63, 3.8) is 0 Å². The highest BCUT2D eigenvalue weighted by Gasteiger charge is 2.45. The molecule has 3 aliphatic rings. The summed E-state index contributed by atoms with van der Waals surface area (Å²) in [6.07, 6.45) is 4.64. The number of amides is 5. The number of rotatable bonds is 6. The van der Waals surface area contributed by atoms with E-state index in [0.29, 0.717) is 69.2 Å². The molecule has 2 aliphatic heterocycles. The van der Waals surface area contributed by atoms with Gasteiger partial charge in [0.2, 0.25) is 11.8 Å². The Kier molecular flexibility index (Phi) is 12.7. The third-order valence-electron chi connectivity index (χ3n) is 9.18. The first-order chi connectivity index (χ1) is 22.5. The number of likely N-dealkylation sites (tertiary alicyclic amines) is 1. The highest BCUT2D eigenvalue weighted by Crippen LogP contribution is 2.43. The Bertz CT molecular complexity index is 1280. The molecule has 0 radical (unpaired) electrons. The number of fused-ring (bicyclic) bond motifs is 2. The second-order valence-electron chi connectivity index (χ2n) is 13.1. The fourth-order valence-corrected chi connectivity index (χ4v) is 6.43. The standard InChI is InChI=1S/C34H51N5O8/c1-5-46-32(43)34(20-24-8-9-24)21-25-10-11-27(45-4)28(19-25)47-22-30(41)35-14-18-38(15-6-7-29(40)36-23-34)31(42)26-12-16-39(17-13-26)33(44)37(2)3/h10-11,19,24,26H,5-9,12-18,20-23H2,1-4H3,(H,35,41)(H,36,40). The fourth-order valence-electron chi connectivity index (χ4n) is 6.43. The topological polar surface area (TPSA) is 147 Å². The second kappa shape index (κ2) is 16.7. The number of hydrogen-bond acceptors (Lipinski definition) is 8. The van der Waals surface area contributed by atoms with Crippen molar-refractivity contribution >= 4 is 29.7 Å². The van der Waals surface area contributed by atoms with Gasteiger partial charge in [0.1, 0.15) is 0 Å². The Morgan fingerprint density at radius 1 is 1.00 bits per heavy atom. The average Bonchev–Trinajstić information content (AvgIpc) is 3.88. The van der Waals surface area contributed by atoms with Crippen molar-refractivity contribution in [2.45, 2.75) is 58.3 Å². The van der Waals surface area contributed by atoms with Crippen LogP contribution in [0, 0.1) is 17.3 Å². The van der Waals surface area contributed by atoms with Crippen LogP contribution in [0.3, 0.4) is 0 Å². The molecule has 1 aromatic carbocycles. The number of esters is 1. The van der Waals surface area contributed by atoms with Crippen LogP contribution in [-0.4, -0.2) is 118 Å². The molecule has 1 atom stereocenters. The van der Waals surface area contributed by atoms with Gasteiger partial charge in [-0.25, -0.2) is 4.79 Å². The minimum Gasteiger partial charge on any atom is -0.493 e. The van der Waals surface area contributed by atoms with Gasteiger partial charge in [-0.3, -0.25) is 19.2 Å². The molecule has 2 heterocycles. The highest BCUT2D eigenvalue weighted by atomic mass is 16.5. The molecule has 0 aromatic heterocycles. The quantitative estimate of drug-likeness (QED) is 0.443. The van der Waals surface area contributed by atoms with Gasteiger partial charge >= 0.3 is 12.0 Å². The van der Waals surface area contributed by atoms with E-state index in [0.717, 1.165) is 18.4 Å². The molecule has 1 aromatic rings. The minimum absolute atomic E-state index is 0.0467. The Morgan fingerprint density at radius 2 is 1.74 bits per heavy atom. The van der Waals surface area contributed by atoms with E-state index in [2.05, 4.69) is 10.6 Å². The van der Waals surface area contributed by atoms with Crippen LogP contribution in [0.5, 0.6) is 11.5 Å². The van der Waals surface area contributed by atoms with E-state index in [-0.39, 0.29) is 74.9 Å². The van der Waals surface area contributed by atoms with Gasteiger partial charge in [-0.2, -0.15) is 0 Å². The number of nitrogens with one attached hydrogen (secondary N) is 2. The Labute approximate surface area is 277 Å². The first-order valence-corrected chi connectivity index (χ1v) is 16.8. The van der Waals surface area contributed by atoms with Crippen molar-refractivity contribution in [1.82, 2.24) is 25.3 Å². The summed E-state index contributed by atoms with van der Waals surface area (Å²) in [6, 6.07) is 5.31. The van der Waals surface area contributed by atoms with Gasteiger partial charge in [-0.05, 0) is 62.6 Å². The maximum absolute atomic E-state index is 13.7. The zero-order valence-corrected chi connectivity index (χ0v) is 28.3. The van der Waals surface area contributed by atoms with Crippen molar-refractivity contribution in [2.75, 3.05) is 73.7 Å². The molecular formula is C34H51N5O8. The zero-order valence-electron chi connectivity index (χ0n) is 28.3. The van der Waals surface area contributed by atoms with Crippen LogP contribution >= 0.6 is 0 Å². The molecule has 47 heavy (non-hydrogen) atoms. The van der Waals surface area contributed by atoms with E-state index < -0.39 is 5.41 Å². The molecule has 4 rings (SSSR count). The van der Waals surface area contributed by atoms with Crippen LogP contribution in [-0.2, 0) is 30.3 Å². The fraction of sp³-hybridized carbons (Fsp3) is 0.676. The maximum atomic E-state index is 13.7. The van der Waals surface area contributed by atoms with Gasteiger partial charge in [0.05, 0.1) is 19.1 Å².